The molecule has 0 bridgehead atoms. The Balaban J connectivity index is 1.74. The van der Waals surface area contributed by atoms with Crippen LogP contribution in [0, 0.1) is 13.8 Å². The maximum atomic E-state index is 5.94. The van der Waals surface area contributed by atoms with Gasteiger partial charge >= 0.3 is 0 Å². The molecule has 0 radical (unpaired) electrons. The molecular weight excluding hydrogens is 276 g/mol. The van der Waals surface area contributed by atoms with Crippen molar-refractivity contribution in [2.45, 2.75) is 20.3 Å². The Kier molecular flexibility index (Phi) is 4.00. The summed E-state index contributed by atoms with van der Waals surface area (Å²) in [7, 11) is 1.68. The lowest BCUT2D eigenvalue weighted by molar-refractivity contribution is 0.117. The van der Waals surface area contributed by atoms with Gasteiger partial charge in [0.1, 0.15) is 23.7 Å². The normalized spacial score (nSPS) is 10.9. The molecule has 0 N–H and O–H groups in total. The highest BCUT2D eigenvalue weighted by atomic mass is 16.7. The van der Waals surface area contributed by atoms with E-state index < -0.39 is 0 Å². The summed E-state index contributed by atoms with van der Waals surface area (Å²) < 4.78 is 7.06. The smallest absolute Gasteiger partial charge is 0.143 e. The van der Waals surface area contributed by atoms with Crippen molar-refractivity contribution in [3.8, 4) is 5.75 Å². The van der Waals surface area contributed by atoms with Crippen molar-refractivity contribution in [3.63, 3.8) is 0 Å². The molecule has 4 nitrogen and oxygen atoms in total. The number of aryl methyl sites for hydroxylation is 2. The van der Waals surface area contributed by atoms with Crippen LogP contribution in [0.25, 0.3) is 11.0 Å². The van der Waals surface area contributed by atoms with E-state index in [0.717, 1.165) is 34.6 Å². The van der Waals surface area contributed by atoms with E-state index in [1.54, 1.807) is 7.11 Å². The highest BCUT2D eigenvalue weighted by molar-refractivity contribution is 5.79. The van der Waals surface area contributed by atoms with E-state index in [9.17, 15) is 0 Å². The largest absolute Gasteiger partial charge is 0.497 e. The average molecular weight is 296 g/mol. The molecule has 0 saturated carbocycles. The molecule has 0 fully saturated rings. The van der Waals surface area contributed by atoms with Gasteiger partial charge in [0, 0.05) is 6.42 Å². The summed E-state index contributed by atoms with van der Waals surface area (Å²) in [6.45, 7) is 4.62. The van der Waals surface area contributed by atoms with Crippen LogP contribution in [0.5, 0.6) is 5.75 Å². The molecule has 0 unspecified atom stereocenters. The molecule has 114 valence electrons. The molecule has 3 rings (SSSR count). The summed E-state index contributed by atoms with van der Waals surface area (Å²) in [5.41, 5.74) is 4.37. The SMILES string of the molecule is COc1cccc(CCOn2c(C)nc3c(C)cccc32)c1. The first kappa shape index (κ1) is 14.4. The lowest BCUT2D eigenvalue weighted by atomic mass is 10.1. The van der Waals surface area contributed by atoms with E-state index in [1.165, 1.54) is 5.56 Å². The number of benzene rings is 2. The number of para-hydroxylation sites is 1. The van der Waals surface area contributed by atoms with Gasteiger partial charge in [-0.1, -0.05) is 24.3 Å². The first-order valence-corrected chi connectivity index (χ1v) is 7.40. The van der Waals surface area contributed by atoms with Crippen LogP contribution in [0.15, 0.2) is 42.5 Å². The van der Waals surface area contributed by atoms with Crippen LogP contribution >= 0.6 is 0 Å². The topological polar surface area (TPSA) is 36.3 Å². The molecule has 0 aliphatic carbocycles. The van der Waals surface area contributed by atoms with Crippen molar-refractivity contribution < 1.29 is 9.57 Å². The van der Waals surface area contributed by atoms with Gasteiger partial charge in [-0.05, 0) is 43.2 Å². The molecule has 2 aromatic carbocycles. The van der Waals surface area contributed by atoms with Crippen molar-refractivity contribution in [2.75, 3.05) is 13.7 Å². The number of rotatable bonds is 5. The van der Waals surface area contributed by atoms with Crippen LogP contribution in [0.1, 0.15) is 17.0 Å². The van der Waals surface area contributed by atoms with Crippen molar-refractivity contribution in [1.82, 2.24) is 9.71 Å². The summed E-state index contributed by atoms with van der Waals surface area (Å²) >= 11 is 0. The molecule has 1 aromatic heterocycles. The Morgan fingerprint density at radius 3 is 2.73 bits per heavy atom. The zero-order valence-corrected chi connectivity index (χ0v) is 13.2. The monoisotopic (exact) mass is 296 g/mol. The van der Waals surface area contributed by atoms with Crippen LogP contribution in [0.2, 0.25) is 0 Å². The maximum absolute atomic E-state index is 5.94. The van der Waals surface area contributed by atoms with Gasteiger partial charge in [0.05, 0.1) is 12.6 Å². The van der Waals surface area contributed by atoms with Crippen LogP contribution < -0.4 is 9.57 Å². The number of methoxy groups -OCH3 is 1. The van der Waals surface area contributed by atoms with Gasteiger partial charge in [-0.2, -0.15) is 4.73 Å². The molecule has 0 saturated heterocycles. The lowest BCUT2D eigenvalue weighted by Gasteiger charge is -2.10. The van der Waals surface area contributed by atoms with Gasteiger partial charge in [0.25, 0.3) is 0 Å². The standard InChI is InChI=1S/C18H20N2O2/c1-13-6-4-9-17-18(13)19-14(2)20(17)22-11-10-15-7-5-8-16(12-15)21-3/h4-9,12H,10-11H2,1-3H3. The fraction of sp³-hybridized carbons (Fsp3) is 0.278. The zero-order valence-electron chi connectivity index (χ0n) is 13.2. The highest BCUT2D eigenvalue weighted by Crippen LogP contribution is 2.18. The third-order valence-corrected chi connectivity index (χ3v) is 3.75. The minimum atomic E-state index is 0.591. The van der Waals surface area contributed by atoms with Gasteiger partial charge in [0.15, 0.2) is 0 Å². The second-order valence-corrected chi connectivity index (χ2v) is 5.33. The van der Waals surface area contributed by atoms with Crippen LogP contribution in [0.4, 0.5) is 0 Å². The van der Waals surface area contributed by atoms with Crippen molar-refractivity contribution in [1.29, 1.82) is 0 Å². The zero-order chi connectivity index (χ0) is 15.5. The molecule has 0 amide bonds. The van der Waals surface area contributed by atoms with Crippen LogP contribution in [0.3, 0.4) is 0 Å². The molecule has 0 atom stereocenters. The predicted octanol–water partition coefficient (Wildman–Crippen LogP) is 3.33. The second kappa shape index (κ2) is 6.10. The average Bonchev–Trinajstić information content (AvgIpc) is 2.85. The van der Waals surface area contributed by atoms with E-state index in [-0.39, 0.29) is 0 Å². The van der Waals surface area contributed by atoms with E-state index >= 15 is 0 Å². The number of imidazole rings is 1. The number of ether oxygens (including phenoxy) is 1. The molecule has 0 aliphatic rings. The number of nitrogens with zero attached hydrogens (tertiary/aromatic N) is 2. The molecule has 22 heavy (non-hydrogen) atoms. The fourth-order valence-electron chi connectivity index (χ4n) is 2.58. The van der Waals surface area contributed by atoms with Gasteiger partial charge in [-0.25, -0.2) is 4.98 Å². The summed E-state index contributed by atoms with van der Waals surface area (Å²) in [6, 6.07) is 14.2. The van der Waals surface area contributed by atoms with Crippen molar-refractivity contribution in [3.05, 3.63) is 59.4 Å². The molecular formula is C18H20N2O2. The summed E-state index contributed by atoms with van der Waals surface area (Å²) in [4.78, 5) is 10.5. The minimum absolute atomic E-state index is 0.591. The molecule has 4 heteroatoms. The Morgan fingerprint density at radius 1 is 1.09 bits per heavy atom. The third-order valence-electron chi connectivity index (χ3n) is 3.75. The quantitative estimate of drug-likeness (QED) is 0.724. The van der Waals surface area contributed by atoms with Gasteiger partial charge in [0.2, 0.25) is 0 Å². The molecule has 0 aliphatic heterocycles. The fourth-order valence-corrected chi connectivity index (χ4v) is 2.58. The Labute approximate surface area is 130 Å². The highest BCUT2D eigenvalue weighted by Gasteiger charge is 2.09. The first-order valence-electron chi connectivity index (χ1n) is 7.40. The van der Waals surface area contributed by atoms with Crippen LogP contribution in [-0.4, -0.2) is 23.4 Å². The Morgan fingerprint density at radius 2 is 1.91 bits per heavy atom. The number of aromatic nitrogens is 2. The minimum Gasteiger partial charge on any atom is -0.497 e. The van der Waals surface area contributed by atoms with Crippen molar-refractivity contribution in [2.24, 2.45) is 0 Å². The summed E-state index contributed by atoms with van der Waals surface area (Å²) in [6.07, 6.45) is 0.822. The number of hydrogen-bond donors (Lipinski definition) is 0. The summed E-state index contributed by atoms with van der Waals surface area (Å²) in [5.74, 6) is 1.74. The summed E-state index contributed by atoms with van der Waals surface area (Å²) in [5, 5.41) is 0. The lowest BCUT2D eigenvalue weighted by Crippen LogP contribution is -2.15. The van der Waals surface area contributed by atoms with Gasteiger partial charge in [-0.3, -0.25) is 0 Å². The predicted molar refractivity (Wildman–Crippen MR) is 87.4 cm³/mol. The molecule has 0 spiro atoms. The Hall–Kier alpha value is -2.49. The first-order chi connectivity index (χ1) is 10.7. The third kappa shape index (κ3) is 2.77. The van der Waals surface area contributed by atoms with E-state index in [4.69, 9.17) is 9.57 Å². The Bertz CT molecular complexity index is 793. The maximum Gasteiger partial charge on any atom is 0.143 e. The second-order valence-electron chi connectivity index (χ2n) is 5.33. The van der Waals surface area contributed by atoms with Crippen molar-refractivity contribution >= 4 is 11.0 Å². The molecule has 1 heterocycles. The van der Waals surface area contributed by atoms with Gasteiger partial charge in [-0.15, -0.1) is 0 Å². The number of fused-ring (bicyclic) bond motifs is 1. The van der Waals surface area contributed by atoms with E-state index in [1.807, 2.05) is 42.0 Å². The van der Waals surface area contributed by atoms with Gasteiger partial charge < -0.3 is 9.57 Å². The van der Waals surface area contributed by atoms with E-state index in [2.05, 4.69) is 24.0 Å². The van der Waals surface area contributed by atoms with Crippen LogP contribution in [-0.2, 0) is 6.42 Å². The molecule has 3 aromatic rings. The number of hydrogen-bond acceptors (Lipinski definition) is 3. The van der Waals surface area contributed by atoms with E-state index in [0.29, 0.717) is 6.61 Å².